The second kappa shape index (κ2) is 3.20. The lowest BCUT2D eigenvalue weighted by Gasteiger charge is -2.09. The first kappa shape index (κ1) is 9.77. The SMILES string of the molecule is C#Cc1nc(C(C)(C)C#N)sc1C. The zero-order chi connectivity index (χ0) is 10.1. The van der Waals surface area contributed by atoms with Crippen LogP contribution in [0, 0.1) is 30.6 Å². The zero-order valence-corrected chi connectivity index (χ0v) is 8.70. The largest absolute Gasteiger partial charge is 0.231 e. The Balaban J connectivity index is 3.22. The summed E-state index contributed by atoms with van der Waals surface area (Å²) < 4.78 is 0. The van der Waals surface area contributed by atoms with Crippen molar-refractivity contribution in [3.8, 4) is 18.4 Å². The van der Waals surface area contributed by atoms with E-state index in [1.807, 2.05) is 20.8 Å². The summed E-state index contributed by atoms with van der Waals surface area (Å²) in [5.74, 6) is 2.50. The van der Waals surface area contributed by atoms with E-state index in [4.69, 9.17) is 11.7 Å². The van der Waals surface area contributed by atoms with E-state index in [2.05, 4.69) is 17.0 Å². The maximum atomic E-state index is 8.89. The molecule has 1 heterocycles. The molecule has 0 bridgehead atoms. The van der Waals surface area contributed by atoms with Crippen LogP contribution in [0.15, 0.2) is 0 Å². The Bertz CT molecular complexity index is 402. The fourth-order valence-electron chi connectivity index (χ4n) is 0.845. The van der Waals surface area contributed by atoms with E-state index < -0.39 is 5.41 Å². The third-order valence-electron chi connectivity index (χ3n) is 1.75. The summed E-state index contributed by atoms with van der Waals surface area (Å²) in [5.41, 5.74) is 0.119. The first-order valence-electron chi connectivity index (χ1n) is 3.87. The molecule has 1 rings (SSSR count). The zero-order valence-electron chi connectivity index (χ0n) is 7.88. The quantitative estimate of drug-likeness (QED) is 0.637. The molecule has 0 aliphatic rings. The van der Waals surface area contributed by atoms with Gasteiger partial charge in [-0.25, -0.2) is 4.98 Å². The van der Waals surface area contributed by atoms with E-state index >= 15 is 0 Å². The molecule has 0 fully saturated rings. The van der Waals surface area contributed by atoms with Crippen LogP contribution in [0.1, 0.15) is 29.4 Å². The van der Waals surface area contributed by atoms with E-state index in [0.29, 0.717) is 5.69 Å². The highest BCUT2D eigenvalue weighted by Crippen LogP contribution is 2.28. The van der Waals surface area contributed by atoms with Crippen molar-refractivity contribution in [1.82, 2.24) is 4.98 Å². The molecule has 0 aliphatic carbocycles. The third-order valence-corrected chi connectivity index (χ3v) is 3.04. The molecule has 0 amide bonds. The van der Waals surface area contributed by atoms with Gasteiger partial charge >= 0.3 is 0 Å². The van der Waals surface area contributed by atoms with Crippen LogP contribution in [-0.4, -0.2) is 4.98 Å². The molecule has 0 saturated heterocycles. The molecular weight excluding hydrogens is 180 g/mol. The van der Waals surface area contributed by atoms with E-state index in [9.17, 15) is 0 Å². The number of thiazole rings is 1. The first-order valence-corrected chi connectivity index (χ1v) is 4.68. The summed E-state index contributed by atoms with van der Waals surface area (Å²) in [7, 11) is 0. The molecule has 0 N–H and O–H groups in total. The lowest BCUT2D eigenvalue weighted by molar-refractivity contribution is 0.679. The average Bonchev–Trinajstić information content (AvgIpc) is 2.47. The van der Waals surface area contributed by atoms with Gasteiger partial charge in [0.2, 0.25) is 0 Å². The summed E-state index contributed by atoms with van der Waals surface area (Å²) >= 11 is 1.49. The van der Waals surface area contributed by atoms with Crippen molar-refractivity contribution in [2.45, 2.75) is 26.2 Å². The molecule has 1 aromatic heterocycles. The summed E-state index contributed by atoms with van der Waals surface area (Å²) in [5, 5.41) is 9.68. The van der Waals surface area contributed by atoms with Crippen LogP contribution < -0.4 is 0 Å². The van der Waals surface area contributed by atoms with Crippen molar-refractivity contribution in [3.05, 3.63) is 15.6 Å². The van der Waals surface area contributed by atoms with Crippen LogP contribution >= 0.6 is 11.3 Å². The molecule has 1 aromatic rings. The molecule has 0 atom stereocenters. The van der Waals surface area contributed by atoms with Crippen molar-refractivity contribution in [3.63, 3.8) is 0 Å². The van der Waals surface area contributed by atoms with Gasteiger partial charge in [0.05, 0.1) is 6.07 Å². The highest BCUT2D eigenvalue weighted by molar-refractivity contribution is 7.11. The highest BCUT2D eigenvalue weighted by Gasteiger charge is 2.24. The van der Waals surface area contributed by atoms with Crippen molar-refractivity contribution in [2.24, 2.45) is 0 Å². The Kier molecular flexibility index (Phi) is 2.40. The van der Waals surface area contributed by atoms with E-state index in [1.54, 1.807) is 0 Å². The van der Waals surface area contributed by atoms with Gasteiger partial charge in [-0.05, 0) is 26.7 Å². The summed E-state index contributed by atoms with van der Waals surface area (Å²) in [6, 6.07) is 2.20. The van der Waals surface area contributed by atoms with Gasteiger partial charge in [0.1, 0.15) is 16.1 Å². The minimum Gasteiger partial charge on any atom is -0.231 e. The van der Waals surface area contributed by atoms with Crippen molar-refractivity contribution in [1.29, 1.82) is 5.26 Å². The summed E-state index contributed by atoms with van der Waals surface area (Å²) in [4.78, 5) is 5.23. The molecule has 0 spiro atoms. The molecule has 0 aliphatic heterocycles. The monoisotopic (exact) mass is 190 g/mol. The van der Waals surface area contributed by atoms with Crippen LogP contribution in [0.4, 0.5) is 0 Å². The molecular formula is C10H10N2S. The lowest BCUT2D eigenvalue weighted by atomic mass is 9.97. The normalized spacial score (nSPS) is 10.5. The highest BCUT2D eigenvalue weighted by atomic mass is 32.1. The number of rotatable bonds is 1. The fourth-order valence-corrected chi connectivity index (χ4v) is 1.77. The topological polar surface area (TPSA) is 36.7 Å². The maximum absolute atomic E-state index is 8.89. The molecule has 0 radical (unpaired) electrons. The molecule has 0 aromatic carbocycles. The number of terminal acetylenes is 1. The van der Waals surface area contributed by atoms with Crippen molar-refractivity contribution >= 4 is 11.3 Å². The predicted molar refractivity (Wildman–Crippen MR) is 53.4 cm³/mol. The number of aromatic nitrogens is 1. The van der Waals surface area contributed by atoms with Crippen LogP contribution in [0.3, 0.4) is 0 Å². The van der Waals surface area contributed by atoms with Crippen molar-refractivity contribution < 1.29 is 0 Å². The van der Waals surface area contributed by atoms with Gasteiger partial charge in [-0.1, -0.05) is 0 Å². The Morgan fingerprint density at radius 1 is 1.54 bits per heavy atom. The molecule has 0 unspecified atom stereocenters. The minimum atomic E-state index is -0.537. The number of nitrogens with zero attached hydrogens (tertiary/aromatic N) is 2. The fraction of sp³-hybridized carbons (Fsp3) is 0.400. The van der Waals surface area contributed by atoms with Crippen LogP contribution in [0.2, 0.25) is 0 Å². The van der Waals surface area contributed by atoms with Gasteiger partial charge in [-0.2, -0.15) is 5.26 Å². The second-order valence-electron chi connectivity index (χ2n) is 3.30. The van der Waals surface area contributed by atoms with E-state index in [0.717, 1.165) is 9.88 Å². The number of hydrogen-bond donors (Lipinski definition) is 0. The van der Waals surface area contributed by atoms with Crippen LogP contribution in [-0.2, 0) is 5.41 Å². The van der Waals surface area contributed by atoms with E-state index in [-0.39, 0.29) is 0 Å². The maximum Gasteiger partial charge on any atom is 0.127 e. The standard InChI is InChI=1S/C10H10N2S/c1-5-8-7(2)13-9(12-8)10(3,4)6-11/h1H,2-4H3. The van der Waals surface area contributed by atoms with Gasteiger partial charge in [-0.3, -0.25) is 0 Å². The molecule has 3 heteroatoms. The second-order valence-corrected chi connectivity index (χ2v) is 4.51. The summed E-state index contributed by atoms with van der Waals surface area (Å²) in [6.07, 6.45) is 5.26. The smallest absolute Gasteiger partial charge is 0.127 e. The average molecular weight is 190 g/mol. The molecule has 13 heavy (non-hydrogen) atoms. The van der Waals surface area contributed by atoms with Crippen LogP contribution in [0.25, 0.3) is 0 Å². The van der Waals surface area contributed by atoms with Gasteiger partial charge in [-0.15, -0.1) is 17.8 Å². The molecule has 0 saturated carbocycles. The Labute approximate surface area is 82.2 Å². The number of nitriles is 1. The third kappa shape index (κ3) is 1.71. The van der Waals surface area contributed by atoms with E-state index in [1.165, 1.54) is 11.3 Å². The van der Waals surface area contributed by atoms with Crippen molar-refractivity contribution in [2.75, 3.05) is 0 Å². The van der Waals surface area contributed by atoms with Crippen LogP contribution in [0.5, 0.6) is 0 Å². The van der Waals surface area contributed by atoms with Gasteiger partial charge in [0.25, 0.3) is 0 Å². The Hall–Kier alpha value is -1.32. The van der Waals surface area contributed by atoms with Gasteiger partial charge in [0, 0.05) is 4.88 Å². The van der Waals surface area contributed by atoms with Gasteiger partial charge < -0.3 is 0 Å². The summed E-state index contributed by atoms with van der Waals surface area (Å²) in [6.45, 7) is 5.60. The molecule has 2 nitrogen and oxygen atoms in total. The lowest BCUT2D eigenvalue weighted by Crippen LogP contribution is -2.13. The van der Waals surface area contributed by atoms with Gasteiger partial charge in [0.15, 0.2) is 0 Å². The first-order chi connectivity index (χ1) is 6.01. The predicted octanol–water partition coefficient (Wildman–Crippen LogP) is 2.23. The number of hydrogen-bond acceptors (Lipinski definition) is 3. The Morgan fingerprint density at radius 2 is 2.15 bits per heavy atom. The minimum absolute atomic E-state index is 0.537. The molecule has 66 valence electrons. The number of aryl methyl sites for hydroxylation is 1. The Morgan fingerprint density at radius 3 is 2.54 bits per heavy atom.